The number of nitrogens with one attached hydrogen (secondary N) is 1. The second-order valence-electron chi connectivity index (χ2n) is 12.6. The van der Waals surface area contributed by atoms with E-state index in [1.54, 1.807) is 48.2 Å². The molecule has 0 unspecified atom stereocenters. The molecule has 4 aliphatic heterocycles. The predicted octanol–water partition coefficient (Wildman–Crippen LogP) is 4.13. The van der Waals surface area contributed by atoms with Crippen LogP contribution in [0.2, 0.25) is 5.02 Å². The van der Waals surface area contributed by atoms with Crippen LogP contribution in [0.1, 0.15) is 50.7 Å². The summed E-state index contributed by atoms with van der Waals surface area (Å²) < 4.78 is 12.7. The number of fused-ring (bicyclic) bond motifs is 2. The van der Waals surface area contributed by atoms with Gasteiger partial charge in [0.25, 0.3) is 5.91 Å². The Morgan fingerprint density at radius 1 is 0.979 bits per heavy atom. The van der Waals surface area contributed by atoms with Gasteiger partial charge in [-0.05, 0) is 50.3 Å². The number of anilines is 1. The second kappa shape index (κ2) is 14.0. The van der Waals surface area contributed by atoms with Crippen LogP contribution in [0.4, 0.5) is 5.69 Å². The molecule has 4 heterocycles. The van der Waals surface area contributed by atoms with E-state index in [0.717, 1.165) is 0 Å². The number of ether oxygens (including phenoxy) is 2. The van der Waals surface area contributed by atoms with Crippen LogP contribution in [-0.4, -0.2) is 77.2 Å². The number of halogens is 1. The minimum atomic E-state index is -1.39. The fourth-order valence-electron chi connectivity index (χ4n) is 7.37. The van der Waals surface area contributed by atoms with Gasteiger partial charge in [-0.25, -0.2) is 0 Å². The Bertz CT molecular complexity index is 1560. The van der Waals surface area contributed by atoms with Gasteiger partial charge < -0.3 is 29.7 Å². The second-order valence-corrected chi connectivity index (χ2v) is 13.0. The summed E-state index contributed by atoms with van der Waals surface area (Å²) in [7, 11) is 0. The van der Waals surface area contributed by atoms with Crippen molar-refractivity contribution in [3.8, 4) is 0 Å². The fraction of sp³-hybridized carbons (Fsp3) is 0.444. The number of para-hydroxylation sites is 1. The van der Waals surface area contributed by atoms with Gasteiger partial charge in [0.2, 0.25) is 11.8 Å². The summed E-state index contributed by atoms with van der Waals surface area (Å²) in [6.07, 6.45) is 7.98. The quantitative estimate of drug-likeness (QED) is 0.260. The van der Waals surface area contributed by atoms with Crippen molar-refractivity contribution in [1.82, 2.24) is 10.2 Å². The number of cyclic esters (lactones) is 1. The van der Waals surface area contributed by atoms with Crippen LogP contribution in [0.15, 0.2) is 78.9 Å². The van der Waals surface area contributed by atoms with Crippen molar-refractivity contribution in [1.29, 1.82) is 0 Å². The highest BCUT2D eigenvalue weighted by Gasteiger charge is 2.73. The van der Waals surface area contributed by atoms with Gasteiger partial charge in [-0.15, -0.1) is 0 Å². The SMILES string of the molecule is C[C@H]1NC(=O)CC/C=C\CN(c2ccccc2Cl)C(=O)[C@@H]2N(CCCCCO)C(=O)[C@H]3[C@H](C(=O)O[C@@H]1c1ccccc1)[C@@H]1C=C[C@]23O1. The molecule has 10 nitrogen and oxygen atoms in total. The summed E-state index contributed by atoms with van der Waals surface area (Å²) in [6.45, 7) is 2.20. The summed E-state index contributed by atoms with van der Waals surface area (Å²) in [6, 6.07) is 14.5. The maximum atomic E-state index is 14.8. The third-order valence-corrected chi connectivity index (χ3v) is 9.87. The van der Waals surface area contributed by atoms with Crippen LogP contribution in [0, 0.1) is 11.8 Å². The zero-order chi connectivity index (χ0) is 33.1. The highest BCUT2D eigenvalue weighted by Crippen LogP contribution is 2.56. The number of allylic oxidation sites excluding steroid dienone is 1. The number of likely N-dealkylation sites (tertiary alicyclic amines) is 1. The van der Waals surface area contributed by atoms with Gasteiger partial charge in [-0.2, -0.15) is 0 Å². The van der Waals surface area contributed by atoms with Crippen molar-refractivity contribution >= 4 is 41.0 Å². The van der Waals surface area contributed by atoms with Gasteiger partial charge in [-0.1, -0.05) is 78.4 Å². The zero-order valence-electron chi connectivity index (χ0n) is 26.3. The minimum absolute atomic E-state index is 0.0262. The summed E-state index contributed by atoms with van der Waals surface area (Å²) in [5.74, 6) is -3.57. The Balaban J connectivity index is 1.43. The van der Waals surface area contributed by atoms with Crippen molar-refractivity contribution in [2.45, 2.75) is 68.9 Å². The molecule has 2 saturated heterocycles. The summed E-state index contributed by atoms with van der Waals surface area (Å²) in [5.41, 5.74) is -0.217. The minimum Gasteiger partial charge on any atom is -0.455 e. The van der Waals surface area contributed by atoms with E-state index in [1.807, 2.05) is 42.5 Å². The van der Waals surface area contributed by atoms with E-state index in [4.69, 9.17) is 21.1 Å². The van der Waals surface area contributed by atoms with E-state index in [9.17, 15) is 24.3 Å². The molecule has 3 amide bonds. The topological polar surface area (TPSA) is 125 Å². The highest BCUT2D eigenvalue weighted by molar-refractivity contribution is 6.34. The molecule has 0 saturated carbocycles. The Morgan fingerprint density at radius 3 is 2.51 bits per heavy atom. The van der Waals surface area contributed by atoms with Crippen LogP contribution in [0.3, 0.4) is 0 Å². The molecule has 5 bridgehead atoms. The van der Waals surface area contributed by atoms with Gasteiger partial charge in [-0.3, -0.25) is 19.2 Å². The maximum Gasteiger partial charge on any atom is 0.313 e. The van der Waals surface area contributed by atoms with Crippen molar-refractivity contribution in [3.63, 3.8) is 0 Å². The molecule has 0 aromatic heterocycles. The third kappa shape index (κ3) is 6.22. The van der Waals surface area contributed by atoms with Crippen molar-refractivity contribution in [2.24, 2.45) is 11.8 Å². The van der Waals surface area contributed by atoms with Crippen molar-refractivity contribution in [2.75, 3.05) is 24.6 Å². The smallest absolute Gasteiger partial charge is 0.313 e. The van der Waals surface area contributed by atoms with Gasteiger partial charge in [0, 0.05) is 26.1 Å². The molecule has 2 aromatic carbocycles. The molecular weight excluding hydrogens is 622 g/mol. The standard InChI is InChI=1S/C36H40ClN3O7/c1-23-31(24-13-5-2-6-14-24)46-35(45)29-27-18-19-36(47-27)30(29)33(43)40(21-11-4-12-22-41)32(36)34(44)39(26-16-9-8-15-25(26)37)20-10-3-7-17-28(42)38-23/h2-3,5-6,8-10,13-16,18-19,23,27,29-32,41H,4,7,11-12,17,20-22H2,1H3,(H,38,42)/b10-3-/t23-,27+,29-,30-,31+,32+,36-/m1/s1. The zero-order valence-corrected chi connectivity index (χ0v) is 27.1. The first kappa shape index (κ1) is 32.9. The number of carbonyl (C=O) groups is 4. The first-order valence-corrected chi connectivity index (χ1v) is 16.7. The number of carbonyl (C=O) groups excluding carboxylic acids is 4. The third-order valence-electron chi connectivity index (χ3n) is 9.55. The van der Waals surface area contributed by atoms with Gasteiger partial charge >= 0.3 is 5.97 Å². The molecule has 0 radical (unpaired) electrons. The van der Waals surface area contributed by atoms with E-state index in [0.29, 0.717) is 42.0 Å². The highest BCUT2D eigenvalue weighted by atomic mass is 35.5. The van der Waals surface area contributed by atoms with E-state index in [1.165, 1.54) is 4.90 Å². The van der Waals surface area contributed by atoms with Gasteiger partial charge in [0.15, 0.2) is 0 Å². The molecule has 0 aliphatic carbocycles. The molecule has 1 spiro atoms. The number of amides is 3. The molecule has 7 atom stereocenters. The average Bonchev–Trinajstić information content (AvgIpc) is 3.71. The summed E-state index contributed by atoms with van der Waals surface area (Å²) >= 11 is 6.63. The van der Waals surface area contributed by atoms with Crippen LogP contribution in [0.25, 0.3) is 0 Å². The Labute approximate surface area is 279 Å². The molecule has 2 fully saturated rings. The summed E-state index contributed by atoms with van der Waals surface area (Å²) in [5, 5.41) is 12.7. The number of nitrogens with zero attached hydrogens (tertiary/aromatic N) is 2. The Morgan fingerprint density at radius 2 is 1.74 bits per heavy atom. The van der Waals surface area contributed by atoms with Gasteiger partial charge in [0.1, 0.15) is 23.7 Å². The van der Waals surface area contributed by atoms with Gasteiger partial charge in [0.05, 0.1) is 28.8 Å². The molecule has 4 aliphatic rings. The largest absolute Gasteiger partial charge is 0.455 e. The predicted molar refractivity (Wildman–Crippen MR) is 175 cm³/mol. The lowest BCUT2D eigenvalue weighted by molar-refractivity contribution is -0.161. The van der Waals surface area contributed by atoms with E-state index < -0.39 is 53.6 Å². The van der Waals surface area contributed by atoms with Crippen LogP contribution in [-0.2, 0) is 28.7 Å². The van der Waals surface area contributed by atoms with Crippen LogP contribution < -0.4 is 10.2 Å². The monoisotopic (exact) mass is 661 g/mol. The molecule has 47 heavy (non-hydrogen) atoms. The van der Waals surface area contributed by atoms with Crippen molar-refractivity contribution in [3.05, 3.63) is 89.5 Å². The Hall–Kier alpha value is -3.99. The van der Waals surface area contributed by atoms with E-state index in [-0.39, 0.29) is 37.9 Å². The number of rotatable bonds is 7. The lowest BCUT2D eigenvalue weighted by Crippen LogP contribution is -2.56. The lowest BCUT2D eigenvalue weighted by Gasteiger charge is -2.36. The average molecular weight is 662 g/mol. The number of hydrogen-bond donors (Lipinski definition) is 2. The van der Waals surface area contributed by atoms with Crippen LogP contribution in [0.5, 0.6) is 0 Å². The molecule has 6 rings (SSSR count). The molecule has 2 N–H and O–H groups in total. The number of aliphatic hydroxyl groups excluding tert-OH is 1. The normalized spacial score (nSPS) is 31.6. The maximum absolute atomic E-state index is 14.8. The molecule has 248 valence electrons. The molecule has 11 heteroatoms. The van der Waals surface area contributed by atoms with E-state index in [2.05, 4.69) is 5.32 Å². The first-order chi connectivity index (χ1) is 22.8. The number of aliphatic hydroxyl groups is 1. The number of benzene rings is 2. The number of esters is 1. The number of hydrogen-bond acceptors (Lipinski definition) is 7. The summed E-state index contributed by atoms with van der Waals surface area (Å²) in [4.78, 5) is 59.5. The van der Waals surface area contributed by atoms with E-state index >= 15 is 0 Å². The molecule has 2 aromatic rings. The van der Waals surface area contributed by atoms with Crippen molar-refractivity contribution < 1.29 is 33.8 Å². The number of unbranched alkanes of at least 4 members (excludes halogenated alkanes) is 2. The van der Waals surface area contributed by atoms with Crippen LogP contribution >= 0.6 is 11.6 Å². The lowest BCUT2D eigenvalue weighted by atomic mass is 9.74. The molecular formula is C36H40ClN3O7. The fourth-order valence-corrected chi connectivity index (χ4v) is 7.61. The first-order valence-electron chi connectivity index (χ1n) is 16.3. The Kier molecular flexibility index (Phi) is 9.82.